The zero-order chi connectivity index (χ0) is 13.8. The quantitative estimate of drug-likeness (QED) is 0.867. The Hall–Kier alpha value is -2.38. The third-order valence-electron chi connectivity index (χ3n) is 2.54. The average molecular weight is 272 g/mol. The van der Waals surface area contributed by atoms with Crippen molar-refractivity contribution in [1.82, 2.24) is 4.98 Å². The van der Waals surface area contributed by atoms with Gasteiger partial charge in [0, 0.05) is 23.5 Å². The van der Waals surface area contributed by atoms with Crippen LogP contribution in [0.4, 0.5) is 11.5 Å². The Balaban J connectivity index is 2.19. The summed E-state index contributed by atoms with van der Waals surface area (Å²) in [4.78, 5) is 15.2. The Labute approximate surface area is 115 Å². The van der Waals surface area contributed by atoms with Crippen molar-refractivity contribution in [1.29, 1.82) is 5.26 Å². The number of carbonyl (C=O) groups is 1. The molecule has 1 aromatic carbocycles. The van der Waals surface area contributed by atoms with E-state index in [9.17, 15) is 4.79 Å². The Bertz CT molecular complexity index is 659. The van der Waals surface area contributed by atoms with Crippen LogP contribution in [0, 0.1) is 11.3 Å². The highest BCUT2D eigenvalue weighted by atomic mass is 35.5. The van der Waals surface area contributed by atoms with Crippen molar-refractivity contribution < 1.29 is 4.79 Å². The lowest BCUT2D eigenvalue weighted by Gasteiger charge is -2.06. The first-order valence-corrected chi connectivity index (χ1v) is 5.91. The molecule has 0 aliphatic carbocycles. The molecular weight excluding hydrogens is 262 g/mol. The van der Waals surface area contributed by atoms with Crippen molar-refractivity contribution >= 4 is 28.9 Å². The molecule has 94 valence electrons. The maximum Gasteiger partial charge on any atom is 0.159 e. The molecule has 2 aromatic rings. The molecule has 0 amide bonds. The number of pyridine rings is 1. The van der Waals surface area contributed by atoms with Crippen molar-refractivity contribution in [2.24, 2.45) is 0 Å². The third kappa shape index (κ3) is 3.09. The number of anilines is 2. The number of nitrogens with zero attached hydrogens (tertiary/aromatic N) is 2. The summed E-state index contributed by atoms with van der Waals surface area (Å²) in [6, 6.07) is 10.6. The summed E-state index contributed by atoms with van der Waals surface area (Å²) in [5, 5.41) is 12.1. The minimum atomic E-state index is 0.0195. The molecule has 1 heterocycles. The van der Waals surface area contributed by atoms with Crippen molar-refractivity contribution in [3.63, 3.8) is 0 Å². The second-order valence-corrected chi connectivity index (χ2v) is 4.33. The van der Waals surface area contributed by atoms with E-state index in [0.29, 0.717) is 22.0 Å². The van der Waals surface area contributed by atoms with Gasteiger partial charge >= 0.3 is 0 Å². The Morgan fingerprint density at radius 3 is 2.58 bits per heavy atom. The molecule has 0 saturated heterocycles. The van der Waals surface area contributed by atoms with Gasteiger partial charge in [-0.3, -0.25) is 4.79 Å². The number of nitriles is 1. The molecule has 0 bridgehead atoms. The van der Waals surface area contributed by atoms with E-state index in [4.69, 9.17) is 16.9 Å². The molecule has 0 unspecified atom stereocenters. The largest absolute Gasteiger partial charge is 0.340 e. The lowest BCUT2D eigenvalue weighted by Crippen LogP contribution is -1.96. The zero-order valence-corrected chi connectivity index (χ0v) is 10.9. The maximum atomic E-state index is 11.1. The zero-order valence-electron chi connectivity index (χ0n) is 10.1. The predicted octanol–water partition coefficient (Wildman–Crippen LogP) is 3.55. The normalized spacial score (nSPS) is 9.74. The van der Waals surface area contributed by atoms with Gasteiger partial charge in [-0.2, -0.15) is 5.26 Å². The molecule has 5 heteroatoms. The Morgan fingerprint density at radius 2 is 2.05 bits per heavy atom. The van der Waals surface area contributed by atoms with E-state index in [1.54, 1.807) is 30.3 Å². The molecule has 0 fully saturated rings. The predicted molar refractivity (Wildman–Crippen MR) is 73.7 cm³/mol. The van der Waals surface area contributed by atoms with E-state index < -0.39 is 0 Å². The fraction of sp³-hybridized carbons (Fsp3) is 0.0714. The Kier molecular flexibility index (Phi) is 3.79. The summed E-state index contributed by atoms with van der Waals surface area (Å²) < 4.78 is 0. The summed E-state index contributed by atoms with van der Waals surface area (Å²) in [7, 11) is 0. The molecule has 4 nitrogen and oxygen atoms in total. The minimum Gasteiger partial charge on any atom is -0.340 e. The van der Waals surface area contributed by atoms with Crippen LogP contribution in [0.25, 0.3) is 0 Å². The molecule has 0 atom stereocenters. The van der Waals surface area contributed by atoms with E-state index in [-0.39, 0.29) is 5.78 Å². The first-order chi connectivity index (χ1) is 9.10. The second-order valence-electron chi connectivity index (χ2n) is 3.92. The summed E-state index contributed by atoms with van der Waals surface area (Å²) in [5.74, 6) is 0.561. The smallest absolute Gasteiger partial charge is 0.159 e. The number of hydrogen-bond donors (Lipinski definition) is 1. The van der Waals surface area contributed by atoms with Gasteiger partial charge < -0.3 is 5.32 Å². The van der Waals surface area contributed by atoms with Gasteiger partial charge in [-0.05, 0) is 31.2 Å². The first kappa shape index (κ1) is 13.1. The number of ketones is 1. The summed E-state index contributed by atoms with van der Waals surface area (Å²) in [5.41, 5.74) is 1.77. The van der Waals surface area contributed by atoms with Crippen LogP contribution in [0.3, 0.4) is 0 Å². The van der Waals surface area contributed by atoms with Crippen LogP contribution < -0.4 is 5.32 Å². The molecule has 0 aliphatic heterocycles. The highest BCUT2D eigenvalue weighted by Gasteiger charge is 2.03. The molecular formula is C14H10ClN3O. The summed E-state index contributed by atoms with van der Waals surface area (Å²) >= 11 is 5.92. The number of halogens is 1. The fourth-order valence-electron chi connectivity index (χ4n) is 1.52. The molecule has 0 saturated carbocycles. The third-order valence-corrected chi connectivity index (χ3v) is 2.85. The highest BCUT2D eigenvalue weighted by Crippen LogP contribution is 2.21. The van der Waals surface area contributed by atoms with Crippen LogP contribution in [0.2, 0.25) is 5.02 Å². The number of benzene rings is 1. The second kappa shape index (κ2) is 5.51. The Morgan fingerprint density at radius 1 is 1.37 bits per heavy atom. The van der Waals surface area contributed by atoms with Crippen molar-refractivity contribution in [3.8, 4) is 6.07 Å². The van der Waals surface area contributed by atoms with E-state index in [2.05, 4.69) is 10.3 Å². The van der Waals surface area contributed by atoms with Gasteiger partial charge in [0.25, 0.3) is 0 Å². The number of rotatable bonds is 3. The molecule has 0 aliphatic rings. The standard InChI is InChI=1S/C14H10ClN3O/c1-9(19)10-2-4-12(5-3-10)18-14-6-13(15)11(7-16)8-17-14/h2-6,8H,1H3,(H,17,18). The molecule has 0 radical (unpaired) electrons. The van der Waals surface area contributed by atoms with Gasteiger partial charge in [0.05, 0.1) is 10.6 Å². The average Bonchev–Trinajstić information content (AvgIpc) is 2.39. The van der Waals surface area contributed by atoms with Gasteiger partial charge in [-0.25, -0.2) is 4.98 Å². The summed E-state index contributed by atoms with van der Waals surface area (Å²) in [6.45, 7) is 1.52. The van der Waals surface area contributed by atoms with Crippen LogP contribution in [0.15, 0.2) is 36.5 Å². The van der Waals surface area contributed by atoms with Crippen LogP contribution in [-0.2, 0) is 0 Å². The van der Waals surface area contributed by atoms with E-state index in [1.807, 2.05) is 6.07 Å². The van der Waals surface area contributed by atoms with Crippen LogP contribution in [0.5, 0.6) is 0 Å². The van der Waals surface area contributed by atoms with E-state index in [0.717, 1.165) is 5.69 Å². The van der Waals surface area contributed by atoms with E-state index >= 15 is 0 Å². The minimum absolute atomic E-state index is 0.0195. The van der Waals surface area contributed by atoms with E-state index in [1.165, 1.54) is 13.1 Å². The van der Waals surface area contributed by atoms with Gasteiger partial charge in [-0.1, -0.05) is 11.6 Å². The highest BCUT2D eigenvalue weighted by molar-refractivity contribution is 6.31. The fourth-order valence-corrected chi connectivity index (χ4v) is 1.71. The molecule has 0 spiro atoms. The lowest BCUT2D eigenvalue weighted by molar-refractivity contribution is 0.101. The summed E-state index contributed by atoms with van der Waals surface area (Å²) in [6.07, 6.45) is 1.41. The van der Waals surface area contributed by atoms with Crippen molar-refractivity contribution in [2.75, 3.05) is 5.32 Å². The van der Waals surface area contributed by atoms with Crippen molar-refractivity contribution in [3.05, 3.63) is 52.7 Å². The number of nitrogens with one attached hydrogen (secondary N) is 1. The van der Waals surface area contributed by atoms with Gasteiger partial charge in [0.15, 0.2) is 5.78 Å². The van der Waals surface area contributed by atoms with Gasteiger partial charge in [-0.15, -0.1) is 0 Å². The number of carbonyl (C=O) groups excluding carboxylic acids is 1. The SMILES string of the molecule is CC(=O)c1ccc(Nc2cc(Cl)c(C#N)cn2)cc1. The topological polar surface area (TPSA) is 65.8 Å². The van der Waals surface area contributed by atoms with Crippen LogP contribution in [0.1, 0.15) is 22.8 Å². The molecule has 1 N–H and O–H groups in total. The monoisotopic (exact) mass is 271 g/mol. The molecule has 1 aromatic heterocycles. The number of hydrogen-bond acceptors (Lipinski definition) is 4. The maximum absolute atomic E-state index is 11.1. The number of Topliss-reactive ketones (excluding diaryl/α,β-unsaturated/α-hetero) is 1. The number of aromatic nitrogens is 1. The lowest BCUT2D eigenvalue weighted by atomic mass is 10.1. The van der Waals surface area contributed by atoms with Crippen molar-refractivity contribution in [2.45, 2.75) is 6.92 Å². The first-order valence-electron chi connectivity index (χ1n) is 5.54. The van der Waals surface area contributed by atoms with Gasteiger partial charge in [0.1, 0.15) is 11.9 Å². The van der Waals surface area contributed by atoms with Crippen LogP contribution in [-0.4, -0.2) is 10.8 Å². The molecule has 2 rings (SSSR count). The van der Waals surface area contributed by atoms with Gasteiger partial charge in [0.2, 0.25) is 0 Å². The molecule has 19 heavy (non-hydrogen) atoms. The van der Waals surface area contributed by atoms with Crippen LogP contribution >= 0.6 is 11.6 Å².